The fraction of sp³-hybridized carbons (Fsp3) is 0.357. The third kappa shape index (κ3) is 3.26. The first-order valence-electron chi connectivity index (χ1n) is 6.54. The number of hydrogen-bond donors (Lipinski definition) is 0. The van der Waals surface area contributed by atoms with Crippen LogP contribution in [0.5, 0.6) is 5.95 Å². The predicted octanol–water partition coefficient (Wildman–Crippen LogP) is 0.938. The molecule has 2 heterocycles. The number of thioether (sulfide) groups is 1. The molecule has 22 heavy (non-hydrogen) atoms. The van der Waals surface area contributed by atoms with Gasteiger partial charge >= 0.3 is 0 Å². The molecule has 0 radical (unpaired) electrons. The Labute approximate surface area is 131 Å². The van der Waals surface area contributed by atoms with Crippen molar-refractivity contribution in [3.8, 4) is 12.0 Å². The van der Waals surface area contributed by atoms with Gasteiger partial charge in [0.25, 0.3) is 5.69 Å². The summed E-state index contributed by atoms with van der Waals surface area (Å²) in [4.78, 5) is 16.5. The zero-order chi connectivity index (χ0) is 16.3. The van der Waals surface area contributed by atoms with E-state index in [2.05, 4.69) is 20.8 Å². The predicted molar refractivity (Wildman–Crippen MR) is 75.2 cm³/mol. The number of carbonyl (C=O) groups is 1. The second-order valence-electron chi connectivity index (χ2n) is 4.90. The van der Waals surface area contributed by atoms with Crippen molar-refractivity contribution in [1.29, 1.82) is 5.26 Å². The van der Waals surface area contributed by atoms with Crippen LogP contribution in [0.25, 0.3) is 0 Å². The normalized spacial score (nSPS) is 10.7. The number of hydrogen-bond acceptors (Lipinski definition) is 7. The molecule has 0 N–H and O–H groups in total. The summed E-state index contributed by atoms with van der Waals surface area (Å²) < 4.78 is 5.53. The number of ketones is 1. The van der Waals surface area contributed by atoms with Crippen LogP contribution in [-0.2, 0) is 7.05 Å². The van der Waals surface area contributed by atoms with Gasteiger partial charge in [0.2, 0.25) is 5.78 Å². The van der Waals surface area contributed by atoms with E-state index in [9.17, 15) is 9.90 Å². The molecule has 0 atom stereocenters. The average Bonchev–Trinajstić information content (AvgIpc) is 2.83. The Morgan fingerprint density at radius 1 is 1.55 bits per heavy atom. The Hall–Kier alpha value is -2.40. The van der Waals surface area contributed by atoms with Crippen LogP contribution in [0.2, 0.25) is 0 Å². The van der Waals surface area contributed by atoms with Gasteiger partial charge in [0.15, 0.2) is 13.0 Å². The van der Waals surface area contributed by atoms with E-state index >= 15 is 0 Å². The van der Waals surface area contributed by atoms with Crippen LogP contribution in [0.15, 0.2) is 21.7 Å². The maximum atomic E-state index is 12.1. The summed E-state index contributed by atoms with van der Waals surface area (Å²) in [5.74, 6) is -0.989. The first-order valence-corrected chi connectivity index (χ1v) is 7.52. The van der Waals surface area contributed by atoms with Crippen molar-refractivity contribution in [3.63, 3.8) is 0 Å². The van der Waals surface area contributed by atoms with Crippen molar-refractivity contribution in [1.82, 2.24) is 10.3 Å². The lowest BCUT2D eigenvalue weighted by atomic mass is 10.1. The summed E-state index contributed by atoms with van der Waals surface area (Å²) in [6.45, 7) is 3.99. The first-order chi connectivity index (χ1) is 10.4. The molecule has 0 saturated carbocycles. The minimum Gasteiger partial charge on any atom is -0.539 e. The van der Waals surface area contributed by atoms with Crippen LogP contribution >= 0.6 is 11.8 Å². The van der Waals surface area contributed by atoms with Gasteiger partial charge < -0.3 is 9.63 Å². The van der Waals surface area contributed by atoms with Crippen LogP contribution in [0, 0.1) is 11.3 Å². The highest BCUT2D eigenvalue weighted by Gasteiger charge is 2.23. The number of nitrogens with zero attached hydrogens (tertiary/aromatic N) is 4. The van der Waals surface area contributed by atoms with Gasteiger partial charge in [-0.25, -0.2) is 4.98 Å². The molecule has 0 aliphatic heterocycles. The fourth-order valence-corrected chi connectivity index (χ4v) is 2.63. The lowest BCUT2D eigenvalue weighted by molar-refractivity contribution is -0.741. The monoisotopic (exact) mass is 318 g/mol. The second kappa shape index (κ2) is 6.58. The van der Waals surface area contributed by atoms with Gasteiger partial charge in [0.05, 0.1) is 16.6 Å². The first kappa shape index (κ1) is 16.0. The van der Waals surface area contributed by atoms with Gasteiger partial charge in [-0.1, -0.05) is 30.3 Å². The lowest BCUT2D eigenvalue weighted by Crippen LogP contribution is -2.37. The number of aromatic nitrogens is 3. The van der Waals surface area contributed by atoms with E-state index in [1.54, 1.807) is 12.1 Å². The second-order valence-corrected chi connectivity index (χ2v) is 5.86. The number of pyridine rings is 1. The molecule has 0 spiro atoms. The third-order valence-corrected chi connectivity index (χ3v) is 3.95. The molecule has 0 aliphatic rings. The maximum absolute atomic E-state index is 12.1. The molecule has 114 valence electrons. The average molecular weight is 318 g/mol. The van der Waals surface area contributed by atoms with E-state index in [0.717, 1.165) is 22.1 Å². The van der Waals surface area contributed by atoms with Crippen LogP contribution in [0.1, 0.15) is 41.5 Å². The van der Waals surface area contributed by atoms with E-state index < -0.39 is 11.7 Å². The van der Waals surface area contributed by atoms with E-state index in [1.165, 1.54) is 7.05 Å². The molecule has 0 bridgehead atoms. The van der Waals surface area contributed by atoms with Gasteiger partial charge in [-0.2, -0.15) is 5.26 Å². The van der Waals surface area contributed by atoms with Crippen molar-refractivity contribution in [3.05, 3.63) is 29.1 Å². The maximum Gasteiger partial charge on any atom is 0.300 e. The van der Waals surface area contributed by atoms with E-state index in [4.69, 9.17) is 5.26 Å². The molecular formula is C14H14N4O3S. The van der Waals surface area contributed by atoms with Crippen molar-refractivity contribution >= 4 is 17.5 Å². The fourth-order valence-electron chi connectivity index (χ4n) is 1.78. The van der Waals surface area contributed by atoms with Crippen LogP contribution in [0.3, 0.4) is 0 Å². The van der Waals surface area contributed by atoms with Crippen molar-refractivity contribution in [2.45, 2.75) is 24.8 Å². The molecule has 2 aromatic rings. The van der Waals surface area contributed by atoms with Crippen LogP contribution in [0.4, 0.5) is 0 Å². The molecule has 0 aliphatic carbocycles. The Morgan fingerprint density at radius 2 is 2.27 bits per heavy atom. The number of Topliss-reactive ketones (excluding diaryl/α,β-unsaturated/α-hetero) is 1. The Morgan fingerprint density at radius 3 is 2.82 bits per heavy atom. The summed E-state index contributed by atoms with van der Waals surface area (Å²) >= 11 is 1.12. The molecule has 0 unspecified atom stereocenters. The van der Waals surface area contributed by atoms with E-state index in [1.807, 2.05) is 13.8 Å². The SMILES string of the molecule is CC(C)c1ccc(C#N)c(SCC(=O)c2c([O-])on[n+]2C)n1. The van der Waals surface area contributed by atoms with Crippen LogP contribution in [-0.4, -0.2) is 21.8 Å². The van der Waals surface area contributed by atoms with Crippen LogP contribution < -0.4 is 9.79 Å². The molecular weight excluding hydrogens is 304 g/mol. The highest BCUT2D eigenvalue weighted by Crippen LogP contribution is 2.24. The smallest absolute Gasteiger partial charge is 0.300 e. The number of nitriles is 1. The zero-order valence-corrected chi connectivity index (χ0v) is 13.2. The molecule has 0 fully saturated rings. The highest BCUT2D eigenvalue weighted by molar-refractivity contribution is 8.00. The number of rotatable bonds is 5. The standard InChI is InChI=1S/C14H14N4O3S/c1-8(2)10-5-4-9(6-15)13(16-10)22-7-11(19)12-14(20)21-17-18(12)3/h4-5,8H,7H2,1-3H3. The zero-order valence-electron chi connectivity index (χ0n) is 12.4. The van der Waals surface area contributed by atoms with Gasteiger partial charge in [-0.3, -0.25) is 4.79 Å². The summed E-state index contributed by atoms with van der Waals surface area (Å²) in [7, 11) is 1.46. The van der Waals surface area contributed by atoms with E-state index in [0.29, 0.717) is 10.6 Å². The summed E-state index contributed by atoms with van der Waals surface area (Å²) in [5, 5.41) is 24.4. The Kier molecular flexibility index (Phi) is 4.78. The summed E-state index contributed by atoms with van der Waals surface area (Å²) in [6, 6.07) is 5.54. The minimum atomic E-state index is -0.766. The van der Waals surface area contributed by atoms with Gasteiger partial charge in [0.1, 0.15) is 11.1 Å². The topological polar surface area (TPSA) is 107 Å². The molecule has 0 aromatic carbocycles. The van der Waals surface area contributed by atoms with Gasteiger partial charge in [0, 0.05) is 5.69 Å². The minimum absolute atomic E-state index is 0.0203. The van der Waals surface area contributed by atoms with Gasteiger partial charge in [-0.15, -0.1) is 0 Å². The molecule has 0 amide bonds. The molecule has 7 nitrogen and oxygen atoms in total. The Balaban J connectivity index is 2.19. The molecule has 8 heteroatoms. The van der Waals surface area contributed by atoms with Crippen molar-refractivity contribution < 1.29 is 19.1 Å². The largest absolute Gasteiger partial charge is 0.539 e. The van der Waals surface area contributed by atoms with Crippen molar-refractivity contribution in [2.24, 2.45) is 7.05 Å². The third-order valence-electron chi connectivity index (χ3n) is 2.96. The summed E-state index contributed by atoms with van der Waals surface area (Å²) in [5.41, 5.74) is 1.12. The van der Waals surface area contributed by atoms with Crippen molar-refractivity contribution in [2.75, 3.05) is 5.75 Å². The summed E-state index contributed by atoms with van der Waals surface area (Å²) in [6.07, 6.45) is 0. The lowest BCUT2D eigenvalue weighted by Gasteiger charge is -2.08. The highest BCUT2D eigenvalue weighted by atomic mass is 32.2. The van der Waals surface area contributed by atoms with E-state index in [-0.39, 0.29) is 17.4 Å². The number of aryl methyl sites for hydroxylation is 1. The number of carbonyl (C=O) groups excluding carboxylic acids is 1. The Bertz CT molecular complexity index is 730. The molecule has 2 rings (SSSR count). The molecule has 0 saturated heterocycles. The molecule has 2 aromatic heterocycles. The van der Waals surface area contributed by atoms with Gasteiger partial charge in [-0.05, 0) is 18.1 Å². The quantitative estimate of drug-likeness (QED) is 0.458.